The number of primary amides is 1. The number of aromatic nitrogens is 5. The number of nitrogens with one attached hydrogen (secondary N) is 2. The van der Waals surface area contributed by atoms with E-state index in [0.717, 1.165) is 57.0 Å². The third-order valence-corrected chi connectivity index (χ3v) is 5.92. The lowest BCUT2D eigenvalue weighted by Gasteiger charge is -2.11. The second-order valence-corrected chi connectivity index (χ2v) is 7.96. The fourth-order valence-corrected chi connectivity index (χ4v) is 4.24. The monoisotopic (exact) mass is 396 g/mol. The van der Waals surface area contributed by atoms with Crippen LogP contribution in [0.15, 0.2) is 54.9 Å². The van der Waals surface area contributed by atoms with Crippen molar-refractivity contribution in [2.45, 2.75) is 25.3 Å². The predicted octanol–water partition coefficient (Wildman–Crippen LogP) is 3.93. The van der Waals surface area contributed by atoms with Crippen molar-refractivity contribution >= 4 is 27.7 Å². The van der Waals surface area contributed by atoms with Gasteiger partial charge in [0.25, 0.3) is 5.91 Å². The summed E-state index contributed by atoms with van der Waals surface area (Å²) in [6.45, 7) is 0.456. The molecule has 0 unspecified atom stereocenters. The Morgan fingerprint density at radius 1 is 1.13 bits per heavy atom. The third kappa shape index (κ3) is 2.70. The van der Waals surface area contributed by atoms with E-state index in [0.29, 0.717) is 18.2 Å². The van der Waals surface area contributed by atoms with Gasteiger partial charge in [0, 0.05) is 28.4 Å². The number of amides is 1. The molecule has 0 spiro atoms. The first kappa shape index (κ1) is 17.0. The van der Waals surface area contributed by atoms with Crippen LogP contribution in [0, 0.1) is 0 Å². The van der Waals surface area contributed by atoms with Gasteiger partial charge in [-0.2, -0.15) is 10.2 Å². The molecule has 4 N–H and O–H groups in total. The third-order valence-electron chi connectivity index (χ3n) is 5.92. The average Bonchev–Trinajstić information content (AvgIpc) is 3.15. The molecule has 1 fully saturated rings. The Labute approximate surface area is 171 Å². The molecule has 5 aromatic rings. The highest BCUT2D eigenvalue weighted by atomic mass is 16.1. The minimum absolute atomic E-state index is 0.451. The maximum Gasteiger partial charge on any atom is 0.266 e. The minimum atomic E-state index is -0.453. The molecule has 2 aromatic carbocycles. The Hall–Kier alpha value is -3.87. The molecule has 30 heavy (non-hydrogen) atoms. The van der Waals surface area contributed by atoms with Gasteiger partial charge in [-0.05, 0) is 59.9 Å². The molecule has 0 bridgehead atoms. The molecule has 1 saturated carbocycles. The van der Waals surface area contributed by atoms with E-state index in [1.54, 1.807) is 4.68 Å². The number of hydrogen-bond donors (Lipinski definition) is 3. The molecule has 1 aliphatic carbocycles. The van der Waals surface area contributed by atoms with Gasteiger partial charge in [-0.3, -0.25) is 14.6 Å². The van der Waals surface area contributed by atoms with Crippen molar-refractivity contribution < 1.29 is 4.79 Å². The Kier molecular flexibility index (Phi) is 3.59. The maximum atomic E-state index is 12.0. The molecule has 0 aliphatic heterocycles. The van der Waals surface area contributed by atoms with Crippen LogP contribution >= 0.6 is 0 Å². The molecule has 3 aromatic heterocycles. The summed E-state index contributed by atoms with van der Waals surface area (Å²) < 4.78 is 1.73. The first-order valence-corrected chi connectivity index (χ1v) is 10.1. The summed E-state index contributed by atoms with van der Waals surface area (Å²) in [5.74, 6) is 0.00176. The quantitative estimate of drug-likeness (QED) is 0.419. The molecule has 0 radical (unpaired) electrons. The fraction of sp³-hybridized carbons (Fsp3) is 0.174. The fourth-order valence-electron chi connectivity index (χ4n) is 4.24. The Balaban J connectivity index is 1.50. The van der Waals surface area contributed by atoms with E-state index >= 15 is 0 Å². The first-order valence-electron chi connectivity index (χ1n) is 10.1. The van der Waals surface area contributed by atoms with Crippen LogP contribution in [-0.4, -0.2) is 30.9 Å². The van der Waals surface area contributed by atoms with Gasteiger partial charge in [0.05, 0.1) is 24.0 Å². The summed E-state index contributed by atoms with van der Waals surface area (Å²) in [5, 5.41) is 14.2. The number of nitrogens with zero attached hydrogens (tertiary/aromatic N) is 3. The van der Waals surface area contributed by atoms with Gasteiger partial charge in [-0.15, -0.1) is 0 Å². The van der Waals surface area contributed by atoms with Crippen LogP contribution in [-0.2, 0) is 6.54 Å². The number of rotatable bonds is 5. The van der Waals surface area contributed by atoms with Gasteiger partial charge >= 0.3 is 0 Å². The highest BCUT2D eigenvalue weighted by Gasteiger charge is 2.28. The van der Waals surface area contributed by atoms with Crippen LogP contribution < -0.4 is 5.73 Å². The van der Waals surface area contributed by atoms with E-state index in [4.69, 9.17) is 10.8 Å². The largest absolute Gasteiger partial charge is 0.364 e. The van der Waals surface area contributed by atoms with Crippen molar-refractivity contribution in [3.05, 3.63) is 71.8 Å². The van der Waals surface area contributed by atoms with Gasteiger partial charge in [0.15, 0.2) is 0 Å². The molecule has 1 amide bonds. The number of hydrogen-bond acceptors (Lipinski definition) is 3. The van der Waals surface area contributed by atoms with Gasteiger partial charge in [0.2, 0.25) is 0 Å². The molecule has 0 saturated heterocycles. The zero-order chi connectivity index (χ0) is 20.2. The molecular weight excluding hydrogens is 376 g/mol. The SMILES string of the molecule is NC(=O)c1cc(C2CC2)nn1Cc1cc(-c2cccc3[nH]ccc23)cc2[nH]ncc12. The van der Waals surface area contributed by atoms with Crippen LogP contribution in [0.4, 0.5) is 0 Å². The van der Waals surface area contributed by atoms with Crippen LogP contribution in [0.5, 0.6) is 0 Å². The highest BCUT2D eigenvalue weighted by Crippen LogP contribution is 2.39. The summed E-state index contributed by atoms with van der Waals surface area (Å²) in [6.07, 6.45) is 6.02. The highest BCUT2D eigenvalue weighted by molar-refractivity contribution is 5.98. The summed E-state index contributed by atoms with van der Waals surface area (Å²) >= 11 is 0. The number of benzene rings is 2. The predicted molar refractivity (Wildman–Crippen MR) is 115 cm³/mol. The topological polar surface area (TPSA) is 105 Å². The lowest BCUT2D eigenvalue weighted by Crippen LogP contribution is -2.18. The zero-order valence-electron chi connectivity index (χ0n) is 16.2. The van der Waals surface area contributed by atoms with Crippen molar-refractivity contribution in [1.29, 1.82) is 0 Å². The molecule has 1 aliphatic rings. The van der Waals surface area contributed by atoms with E-state index in [-0.39, 0.29) is 0 Å². The summed E-state index contributed by atoms with van der Waals surface area (Å²) in [6, 6.07) is 14.4. The van der Waals surface area contributed by atoms with Crippen molar-refractivity contribution in [3.8, 4) is 11.1 Å². The average molecular weight is 396 g/mol. The smallest absolute Gasteiger partial charge is 0.266 e. The number of carbonyl (C=O) groups is 1. The normalized spacial score (nSPS) is 14.0. The van der Waals surface area contributed by atoms with Crippen LogP contribution in [0.1, 0.15) is 40.5 Å². The van der Waals surface area contributed by atoms with Crippen LogP contribution in [0.2, 0.25) is 0 Å². The van der Waals surface area contributed by atoms with E-state index < -0.39 is 5.91 Å². The molecule has 7 nitrogen and oxygen atoms in total. The number of nitrogens with two attached hydrogens (primary N) is 1. The van der Waals surface area contributed by atoms with Gasteiger partial charge in [0.1, 0.15) is 5.69 Å². The van der Waals surface area contributed by atoms with Gasteiger partial charge in [-0.1, -0.05) is 12.1 Å². The summed E-state index contributed by atoms with van der Waals surface area (Å²) in [4.78, 5) is 15.3. The standard InChI is InChI=1S/C23H20N6O/c24-23(30)22-10-20(13-4-5-13)28-29(22)12-15-8-14(9-21-18(15)11-26-27-21)16-2-1-3-19-17(16)6-7-25-19/h1-3,6-11,13,25H,4-5,12H2,(H2,24,30)(H,26,27). The Morgan fingerprint density at radius 2 is 2.03 bits per heavy atom. The maximum absolute atomic E-state index is 12.0. The van der Waals surface area contributed by atoms with Crippen molar-refractivity contribution in [3.63, 3.8) is 0 Å². The van der Waals surface area contributed by atoms with E-state index in [1.165, 1.54) is 0 Å². The summed E-state index contributed by atoms with van der Waals surface area (Å²) in [5.41, 5.74) is 12.4. The molecule has 0 atom stereocenters. The Morgan fingerprint density at radius 3 is 2.87 bits per heavy atom. The van der Waals surface area contributed by atoms with Crippen molar-refractivity contribution in [2.24, 2.45) is 5.73 Å². The molecule has 7 heteroatoms. The molecule has 3 heterocycles. The second kappa shape index (κ2) is 6.32. The van der Waals surface area contributed by atoms with E-state index in [9.17, 15) is 4.79 Å². The zero-order valence-corrected chi connectivity index (χ0v) is 16.2. The minimum Gasteiger partial charge on any atom is -0.364 e. The second-order valence-electron chi connectivity index (χ2n) is 7.96. The van der Waals surface area contributed by atoms with Crippen LogP contribution in [0.3, 0.4) is 0 Å². The van der Waals surface area contributed by atoms with E-state index in [1.807, 2.05) is 24.5 Å². The van der Waals surface area contributed by atoms with Crippen molar-refractivity contribution in [2.75, 3.05) is 0 Å². The van der Waals surface area contributed by atoms with Gasteiger partial charge in [-0.25, -0.2) is 0 Å². The van der Waals surface area contributed by atoms with E-state index in [2.05, 4.69) is 45.5 Å². The number of aromatic amines is 2. The lowest BCUT2D eigenvalue weighted by atomic mass is 9.97. The first-order chi connectivity index (χ1) is 14.7. The van der Waals surface area contributed by atoms with Gasteiger partial charge < -0.3 is 10.7 Å². The number of H-pyrrole nitrogens is 2. The molecule has 148 valence electrons. The molecular formula is C23H20N6O. The number of carbonyl (C=O) groups excluding carboxylic acids is 1. The van der Waals surface area contributed by atoms with Crippen molar-refractivity contribution in [1.82, 2.24) is 25.0 Å². The Bertz CT molecular complexity index is 1420. The lowest BCUT2D eigenvalue weighted by molar-refractivity contribution is 0.0990. The van der Waals surface area contributed by atoms with Crippen LogP contribution in [0.25, 0.3) is 32.9 Å². The number of fused-ring (bicyclic) bond motifs is 2. The summed E-state index contributed by atoms with van der Waals surface area (Å²) in [7, 11) is 0. The molecule has 6 rings (SSSR count).